The van der Waals surface area contributed by atoms with Gasteiger partial charge in [-0.15, -0.1) is 0 Å². The van der Waals surface area contributed by atoms with Crippen LogP contribution in [0.4, 0.5) is 0 Å². The zero-order valence-corrected chi connectivity index (χ0v) is 12.4. The Morgan fingerprint density at radius 1 is 1.42 bits per heavy atom. The van der Waals surface area contributed by atoms with Crippen molar-refractivity contribution in [1.82, 2.24) is 4.90 Å². The van der Waals surface area contributed by atoms with E-state index in [-0.39, 0.29) is 17.3 Å². The summed E-state index contributed by atoms with van der Waals surface area (Å²) in [5.41, 5.74) is 1.04. The largest absolute Gasteiger partial charge is 0.392 e. The fraction of sp³-hybridized carbons (Fsp3) is 0.462. The molecular weight excluding hydrogens is 266 g/mol. The number of aryl methyl sites for hydroxylation is 1. The van der Waals surface area contributed by atoms with Gasteiger partial charge >= 0.3 is 0 Å². The molecule has 106 valence electrons. The molecule has 0 heterocycles. The quantitative estimate of drug-likeness (QED) is 0.890. The average molecular weight is 285 g/mol. The third-order valence-electron chi connectivity index (χ3n) is 2.75. The molecule has 1 atom stereocenters. The molecule has 0 radical (unpaired) electrons. The lowest BCUT2D eigenvalue weighted by molar-refractivity contribution is 0.0702. The maximum atomic E-state index is 12.2. The number of likely N-dealkylation sites (N-methyl/N-ethyl adjacent to an activating group) is 1. The first-order valence-corrected chi connectivity index (χ1v) is 7.76. The summed E-state index contributed by atoms with van der Waals surface area (Å²) in [6.45, 7) is 3.53. The molecule has 0 aliphatic carbocycles. The van der Waals surface area contributed by atoms with Crippen LogP contribution in [-0.4, -0.2) is 50.3 Å². The minimum atomic E-state index is -3.34. The SMILES string of the molecule is Cc1ccc(S(C)(=O)=O)cc1C(=O)N(C)CC(C)O. The van der Waals surface area contributed by atoms with E-state index in [1.807, 2.05) is 0 Å². The summed E-state index contributed by atoms with van der Waals surface area (Å²) in [5, 5.41) is 9.28. The van der Waals surface area contributed by atoms with Gasteiger partial charge in [-0.2, -0.15) is 0 Å². The number of aliphatic hydroxyl groups excluding tert-OH is 1. The van der Waals surface area contributed by atoms with Gasteiger partial charge in [0.2, 0.25) is 0 Å². The Kier molecular flexibility index (Phi) is 4.70. The van der Waals surface area contributed by atoms with Crippen molar-refractivity contribution in [2.45, 2.75) is 24.8 Å². The van der Waals surface area contributed by atoms with Crippen molar-refractivity contribution in [3.63, 3.8) is 0 Å². The standard InChI is InChI=1S/C13H19NO4S/c1-9-5-6-11(19(4,17)18)7-12(9)13(16)14(3)8-10(2)15/h5-7,10,15H,8H2,1-4H3. The highest BCUT2D eigenvalue weighted by Crippen LogP contribution is 2.17. The van der Waals surface area contributed by atoms with E-state index in [9.17, 15) is 18.3 Å². The molecule has 0 aromatic heterocycles. The Morgan fingerprint density at radius 2 is 2.00 bits per heavy atom. The second-order valence-electron chi connectivity index (χ2n) is 4.78. The molecule has 0 fully saturated rings. The van der Waals surface area contributed by atoms with Gasteiger partial charge in [0.15, 0.2) is 9.84 Å². The Bertz CT molecular complexity index is 578. The molecule has 0 aliphatic rings. The van der Waals surface area contributed by atoms with Gasteiger partial charge in [0.05, 0.1) is 11.0 Å². The first-order valence-electron chi connectivity index (χ1n) is 5.87. The molecule has 19 heavy (non-hydrogen) atoms. The first-order chi connectivity index (χ1) is 8.62. The van der Waals surface area contributed by atoms with Crippen molar-refractivity contribution in [1.29, 1.82) is 0 Å². The highest BCUT2D eigenvalue weighted by atomic mass is 32.2. The summed E-state index contributed by atoms with van der Waals surface area (Å²) in [5.74, 6) is -0.302. The van der Waals surface area contributed by atoms with Crippen molar-refractivity contribution >= 4 is 15.7 Å². The lowest BCUT2D eigenvalue weighted by Crippen LogP contribution is -2.33. The Hall–Kier alpha value is -1.40. The van der Waals surface area contributed by atoms with Gasteiger partial charge < -0.3 is 10.0 Å². The Balaban J connectivity index is 3.16. The van der Waals surface area contributed by atoms with Crippen LogP contribution in [0, 0.1) is 6.92 Å². The van der Waals surface area contributed by atoms with Crippen LogP contribution in [0.2, 0.25) is 0 Å². The number of aliphatic hydroxyl groups is 1. The van der Waals surface area contributed by atoms with E-state index in [1.165, 1.54) is 17.0 Å². The van der Waals surface area contributed by atoms with Crippen molar-refractivity contribution < 1.29 is 18.3 Å². The molecular formula is C13H19NO4S. The van der Waals surface area contributed by atoms with E-state index in [4.69, 9.17) is 0 Å². The molecule has 1 unspecified atom stereocenters. The fourth-order valence-electron chi connectivity index (χ4n) is 1.75. The molecule has 0 aliphatic heterocycles. The smallest absolute Gasteiger partial charge is 0.253 e. The molecule has 1 aromatic rings. The average Bonchev–Trinajstić information content (AvgIpc) is 2.26. The van der Waals surface area contributed by atoms with Crippen LogP contribution in [0.5, 0.6) is 0 Å². The summed E-state index contributed by atoms with van der Waals surface area (Å²) < 4.78 is 23.0. The van der Waals surface area contributed by atoms with E-state index in [0.29, 0.717) is 11.1 Å². The monoisotopic (exact) mass is 285 g/mol. The fourth-order valence-corrected chi connectivity index (χ4v) is 2.39. The normalized spacial score (nSPS) is 13.1. The second kappa shape index (κ2) is 5.71. The number of rotatable bonds is 4. The molecule has 1 amide bonds. The molecule has 1 aromatic carbocycles. The van der Waals surface area contributed by atoms with Crippen molar-refractivity contribution in [2.24, 2.45) is 0 Å². The van der Waals surface area contributed by atoms with Gasteiger partial charge in [0.1, 0.15) is 0 Å². The van der Waals surface area contributed by atoms with E-state index < -0.39 is 15.9 Å². The van der Waals surface area contributed by atoms with E-state index in [0.717, 1.165) is 6.26 Å². The zero-order valence-electron chi connectivity index (χ0n) is 11.5. The number of sulfone groups is 1. The van der Waals surface area contributed by atoms with Crippen LogP contribution in [0.1, 0.15) is 22.8 Å². The number of carbonyl (C=O) groups is 1. The highest BCUT2D eigenvalue weighted by molar-refractivity contribution is 7.90. The summed E-state index contributed by atoms with van der Waals surface area (Å²) in [4.78, 5) is 13.7. The lowest BCUT2D eigenvalue weighted by Gasteiger charge is -2.20. The van der Waals surface area contributed by atoms with E-state index in [1.54, 1.807) is 27.0 Å². The summed E-state index contributed by atoms with van der Waals surface area (Å²) in [6.07, 6.45) is 0.471. The summed E-state index contributed by atoms with van der Waals surface area (Å²) in [6, 6.07) is 4.47. The van der Waals surface area contributed by atoms with Gasteiger partial charge in [-0.25, -0.2) is 8.42 Å². The Morgan fingerprint density at radius 3 is 2.47 bits per heavy atom. The van der Waals surface area contributed by atoms with E-state index in [2.05, 4.69) is 0 Å². The molecule has 0 bridgehead atoms. The third kappa shape index (κ3) is 4.04. The predicted molar refractivity (Wildman–Crippen MR) is 72.9 cm³/mol. The number of benzene rings is 1. The topological polar surface area (TPSA) is 74.7 Å². The predicted octanol–water partition coefficient (Wildman–Crippen LogP) is 0.851. The molecule has 0 spiro atoms. The molecule has 0 saturated heterocycles. The number of hydrogen-bond acceptors (Lipinski definition) is 4. The lowest BCUT2D eigenvalue weighted by atomic mass is 10.1. The molecule has 0 saturated carbocycles. The van der Waals surface area contributed by atoms with E-state index >= 15 is 0 Å². The number of hydrogen-bond donors (Lipinski definition) is 1. The maximum absolute atomic E-state index is 12.2. The first kappa shape index (κ1) is 15.7. The Labute approximate surface area is 113 Å². The van der Waals surface area contributed by atoms with Crippen LogP contribution in [0.15, 0.2) is 23.1 Å². The van der Waals surface area contributed by atoms with Crippen molar-refractivity contribution in [3.05, 3.63) is 29.3 Å². The molecule has 6 heteroatoms. The maximum Gasteiger partial charge on any atom is 0.253 e. The van der Waals surface area contributed by atoms with Gasteiger partial charge in [-0.05, 0) is 31.5 Å². The number of carbonyl (C=O) groups excluding carboxylic acids is 1. The van der Waals surface area contributed by atoms with Gasteiger partial charge in [0, 0.05) is 25.4 Å². The third-order valence-corrected chi connectivity index (χ3v) is 3.86. The summed E-state index contributed by atoms with van der Waals surface area (Å²) in [7, 11) is -1.77. The second-order valence-corrected chi connectivity index (χ2v) is 6.80. The van der Waals surface area contributed by atoms with Crippen LogP contribution in [0.3, 0.4) is 0 Å². The van der Waals surface area contributed by atoms with Crippen LogP contribution in [-0.2, 0) is 9.84 Å². The van der Waals surface area contributed by atoms with Crippen molar-refractivity contribution in [2.75, 3.05) is 19.8 Å². The van der Waals surface area contributed by atoms with Crippen LogP contribution < -0.4 is 0 Å². The highest BCUT2D eigenvalue weighted by Gasteiger charge is 2.18. The van der Waals surface area contributed by atoms with Gasteiger partial charge in [-0.1, -0.05) is 6.07 Å². The van der Waals surface area contributed by atoms with Gasteiger partial charge in [-0.3, -0.25) is 4.79 Å². The molecule has 5 nitrogen and oxygen atoms in total. The summed E-state index contributed by atoms with van der Waals surface area (Å²) >= 11 is 0. The van der Waals surface area contributed by atoms with Crippen LogP contribution in [0.25, 0.3) is 0 Å². The minimum absolute atomic E-state index is 0.117. The molecule has 1 rings (SSSR count). The van der Waals surface area contributed by atoms with Gasteiger partial charge in [0.25, 0.3) is 5.91 Å². The zero-order chi connectivity index (χ0) is 14.8. The van der Waals surface area contributed by atoms with Crippen molar-refractivity contribution in [3.8, 4) is 0 Å². The molecule has 1 N–H and O–H groups in total. The number of amides is 1. The number of nitrogens with zero attached hydrogens (tertiary/aromatic N) is 1. The minimum Gasteiger partial charge on any atom is -0.392 e. The van der Waals surface area contributed by atoms with Crippen LogP contribution >= 0.6 is 0 Å².